The topological polar surface area (TPSA) is 81.9 Å². The van der Waals surface area contributed by atoms with Crippen molar-refractivity contribution in [2.24, 2.45) is 10.7 Å². The molecular formula is C21H17F5N4O2. The lowest BCUT2D eigenvalue weighted by Crippen LogP contribution is -2.62. The number of alkyl halides is 4. The summed E-state index contributed by atoms with van der Waals surface area (Å²) in [5, 5.41) is 0. The minimum atomic E-state index is -5.14. The maximum Gasteiger partial charge on any atom is 0.428 e. The van der Waals surface area contributed by atoms with E-state index in [0.717, 1.165) is 19.1 Å². The summed E-state index contributed by atoms with van der Waals surface area (Å²) in [5.74, 6) is -1.51. The summed E-state index contributed by atoms with van der Waals surface area (Å²) < 4.78 is 75.0. The first-order chi connectivity index (χ1) is 14.8. The molecule has 1 aliphatic heterocycles. The summed E-state index contributed by atoms with van der Waals surface area (Å²) in [6.45, 7) is 8.49. The molecule has 0 saturated carbocycles. The molecule has 0 spiro atoms. The van der Waals surface area contributed by atoms with E-state index in [1.165, 1.54) is 24.4 Å². The maximum atomic E-state index is 15.6. The number of aromatic nitrogens is 1. The predicted octanol–water partition coefficient (Wildman–Crippen LogP) is 4.42. The lowest BCUT2D eigenvalue weighted by Gasteiger charge is -2.46. The van der Waals surface area contributed by atoms with Gasteiger partial charge in [0.05, 0.1) is 6.57 Å². The van der Waals surface area contributed by atoms with E-state index in [9.17, 15) is 22.4 Å². The molecule has 3 rings (SSSR count). The van der Waals surface area contributed by atoms with Crippen LogP contribution in [-0.2, 0) is 16.7 Å². The SMILES string of the molecule is [C-]#[N+]c1ccc(C(=O)Cc2ccc(F)c([C@@]3(C)N=C(N)O[C@@H](C(F)(F)F)[C@]3(C)F)c2)nc1. The van der Waals surface area contributed by atoms with Crippen LogP contribution >= 0.6 is 0 Å². The van der Waals surface area contributed by atoms with E-state index < -0.39 is 46.7 Å². The summed E-state index contributed by atoms with van der Waals surface area (Å²) in [7, 11) is 0. The van der Waals surface area contributed by atoms with Crippen LogP contribution in [0.1, 0.15) is 35.5 Å². The Labute approximate surface area is 179 Å². The van der Waals surface area contributed by atoms with Gasteiger partial charge in [0.15, 0.2) is 11.5 Å². The highest BCUT2D eigenvalue weighted by molar-refractivity contribution is 5.96. The number of aliphatic imine (C=N–C) groups is 1. The van der Waals surface area contributed by atoms with Crippen LogP contribution in [0.15, 0.2) is 41.5 Å². The van der Waals surface area contributed by atoms with Crippen molar-refractivity contribution in [3.8, 4) is 0 Å². The van der Waals surface area contributed by atoms with Crippen LogP contribution in [0.3, 0.4) is 0 Å². The normalized spacial score (nSPS) is 25.4. The number of carbonyl (C=O) groups excluding carboxylic acids is 1. The highest BCUT2D eigenvalue weighted by Crippen LogP contribution is 2.50. The number of halogens is 5. The van der Waals surface area contributed by atoms with Gasteiger partial charge in [0.2, 0.25) is 11.8 Å². The summed E-state index contributed by atoms with van der Waals surface area (Å²) in [6, 6.07) is 5.05. The Balaban J connectivity index is 2.01. The van der Waals surface area contributed by atoms with Crippen molar-refractivity contribution < 1.29 is 31.5 Å². The molecule has 1 aromatic heterocycles. The van der Waals surface area contributed by atoms with Gasteiger partial charge in [-0.15, -0.1) is 0 Å². The van der Waals surface area contributed by atoms with Gasteiger partial charge in [-0.25, -0.2) is 18.6 Å². The monoisotopic (exact) mass is 452 g/mol. The number of carbonyl (C=O) groups is 1. The first-order valence-corrected chi connectivity index (χ1v) is 9.23. The molecule has 168 valence electrons. The second-order valence-corrected chi connectivity index (χ2v) is 7.56. The third-order valence-corrected chi connectivity index (χ3v) is 5.40. The van der Waals surface area contributed by atoms with Gasteiger partial charge in [-0.1, -0.05) is 12.1 Å². The summed E-state index contributed by atoms with van der Waals surface area (Å²) in [6.07, 6.45) is -7.21. The Kier molecular flexibility index (Phi) is 5.67. The van der Waals surface area contributed by atoms with Crippen molar-refractivity contribution in [3.63, 3.8) is 0 Å². The van der Waals surface area contributed by atoms with Crippen LogP contribution in [-0.4, -0.2) is 34.7 Å². The zero-order valence-electron chi connectivity index (χ0n) is 16.9. The van der Waals surface area contributed by atoms with Gasteiger partial charge in [0, 0.05) is 18.2 Å². The van der Waals surface area contributed by atoms with Crippen LogP contribution in [0.25, 0.3) is 4.85 Å². The number of ether oxygens (including phenoxy) is 1. The van der Waals surface area contributed by atoms with Crippen molar-refractivity contribution in [3.05, 3.63) is 70.6 Å². The number of benzene rings is 1. The van der Waals surface area contributed by atoms with Gasteiger partial charge in [0.1, 0.15) is 17.1 Å². The molecule has 6 nitrogen and oxygen atoms in total. The summed E-state index contributed by atoms with van der Waals surface area (Å²) in [5.41, 5.74) is -0.286. The molecule has 2 aromatic rings. The van der Waals surface area contributed by atoms with E-state index >= 15 is 4.39 Å². The zero-order chi connectivity index (χ0) is 23.9. The van der Waals surface area contributed by atoms with Gasteiger partial charge in [0.25, 0.3) is 6.02 Å². The largest absolute Gasteiger partial charge is 0.449 e. The molecule has 11 heteroatoms. The van der Waals surface area contributed by atoms with Crippen molar-refractivity contribution in [1.29, 1.82) is 0 Å². The smallest absolute Gasteiger partial charge is 0.428 e. The van der Waals surface area contributed by atoms with Crippen LogP contribution in [0.4, 0.5) is 27.6 Å². The minimum Gasteiger partial charge on any atom is -0.449 e. The highest BCUT2D eigenvalue weighted by Gasteiger charge is 2.66. The van der Waals surface area contributed by atoms with Crippen molar-refractivity contribution in [1.82, 2.24) is 4.98 Å². The highest BCUT2D eigenvalue weighted by atomic mass is 19.4. The van der Waals surface area contributed by atoms with Crippen molar-refractivity contribution in [2.75, 3.05) is 0 Å². The molecule has 2 heterocycles. The molecule has 0 radical (unpaired) electrons. The predicted molar refractivity (Wildman–Crippen MR) is 104 cm³/mol. The Hall–Kier alpha value is -3.55. The van der Waals surface area contributed by atoms with Gasteiger partial charge < -0.3 is 10.5 Å². The third-order valence-electron chi connectivity index (χ3n) is 5.40. The average molecular weight is 452 g/mol. The van der Waals surface area contributed by atoms with E-state index in [2.05, 4.69) is 19.6 Å². The van der Waals surface area contributed by atoms with Gasteiger partial charge in [-0.3, -0.25) is 9.78 Å². The zero-order valence-corrected chi connectivity index (χ0v) is 16.9. The number of pyridine rings is 1. The molecular weight excluding hydrogens is 435 g/mol. The fourth-order valence-electron chi connectivity index (χ4n) is 3.49. The number of hydrogen-bond donors (Lipinski definition) is 1. The van der Waals surface area contributed by atoms with Gasteiger partial charge in [-0.05, 0) is 37.6 Å². The minimum absolute atomic E-state index is 0.0373. The first-order valence-electron chi connectivity index (χ1n) is 9.23. The van der Waals surface area contributed by atoms with Crippen LogP contribution in [0.2, 0.25) is 0 Å². The van der Waals surface area contributed by atoms with Crippen molar-refractivity contribution >= 4 is 17.5 Å². The van der Waals surface area contributed by atoms with Gasteiger partial charge in [-0.2, -0.15) is 13.2 Å². The van der Waals surface area contributed by atoms with E-state index in [-0.39, 0.29) is 23.4 Å². The second kappa shape index (κ2) is 7.85. The second-order valence-electron chi connectivity index (χ2n) is 7.56. The van der Waals surface area contributed by atoms with E-state index in [0.29, 0.717) is 6.92 Å². The molecule has 0 amide bonds. The fraction of sp³-hybridized carbons (Fsp3) is 0.333. The summed E-state index contributed by atoms with van der Waals surface area (Å²) >= 11 is 0. The Morgan fingerprint density at radius 2 is 1.97 bits per heavy atom. The lowest BCUT2D eigenvalue weighted by atomic mass is 9.74. The quantitative estimate of drug-likeness (QED) is 0.423. The number of ketones is 1. The Morgan fingerprint density at radius 1 is 1.28 bits per heavy atom. The number of hydrogen-bond acceptors (Lipinski definition) is 5. The Bertz CT molecular complexity index is 1120. The van der Waals surface area contributed by atoms with Gasteiger partial charge >= 0.3 is 6.18 Å². The molecule has 0 unspecified atom stereocenters. The molecule has 0 bridgehead atoms. The third kappa shape index (κ3) is 4.00. The molecule has 0 saturated heterocycles. The number of amidine groups is 1. The van der Waals surface area contributed by atoms with E-state index in [4.69, 9.17) is 12.3 Å². The van der Waals surface area contributed by atoms with Crippen LogP contribution in [0.5, 0.6) is 0 Å². The maximum absolute atomic E-state index is 15.6. The molecule has 0 aliphatic carbocycles. The first kappa shape index (κ1) is 23.1. The molecule has 3 atom stereocenters. The van der Waals surface area contributed by atoms with Crippen molar-refractivity contribution in [2.45, 2.75) is 43.8 Å². The Morgan fingerprint density at radius 3 is 2.53 bits per heavy atom. The van der Waals surface area contributed by atoms with E-state index in [1.54, 1.807) is 0 Å². The summed E-state index contributed by atoms with van der Waals surface area (Å²) in [4.78, 5) is 23.2. The molecule has 32 heavy (non-hydrogen) atoms. The molecule has 1 aromatic carbocycles. The average Bonchev–Trinajstić information content (AvgIpc) is 2.71. The number of nitrogens with two attached hydrogens (primary N) is 1. The lowest BCUT2D eigenvalue weighted by molar-refractivity contribution is -0.250. The molecule has 0 fully saturated rings. The number of Topliss-reactive ketones (excluding diaryl/α,β-unsaturated/α-hetero) is 1. The molecule has 2 N–H and O–H groups in total. The van der Waals surface area contributed by atoms with E-state index in [1.807, 2.05) is 0 Å². The number of nitrogens with zero attached hydrogens (tertiary/aromatic N) is 3. The number of rotatable bonds is 4. The van der Waals surface area contributed by atoms with Crippen LogP contribution < -0.4 is 5.73 Å². The standard InChI is InChI=1S/C21H17F5N4O2/c1-19(23)17(21(24,25)26)32-18(27)30-20(19,2)13-8-11(4-6-14(13)22)9-16(31)15-7-5-12(28-3)10-29-15/h4-8,10,17H,9H2,1-2H3,(H2,27,30)/t17-,19+,20-/m1/s1. The molecule has 1 aliphatic rings. The fourth-order valence-corrected chi connectivity index (χ4v) is 3.49. The van der Waals surface area contributed by atoms with Crippen LogP contribution in [0, 0.1) is 12.4 Å².